The number of nitrogens with zero attached hydrogens (tertiary/aromatic N) is 1. The SMILES string of the molecule is CCCCNC(=O)/C(C#N)=C\NC(C)(C)CC(C)(C)C. The van der Waals surface area contributed by atoms with Crippen LogP contribution in [0.4, 0.5) is 0 Å². The molecule has 0 aromatic carbocycles. The van der Waals surface area contributed by atoms with Crippen molar-refractivity contribution in [2.75, 3.05) is 6.54 Å². The first-order valence-electron chi connectivity index (χ1n) is 7.27. The maximum atomic E-state index is 11.8. The average molecular weight is 279 g/mol. The zero-order chi connectivity index (χ0) is 15.8. The summed E-state index contributed by atoms with van der Waals surface area (Å²) in [7, 11) is 0. The predicted molar refractivity (Wildman–Crippen MR) is 82.9 cm³/mol. The number of nitrogens with one attached hydrogen (secondary N) is 2. The molecule has 114 valence electrons. The highest BCUT2D eigenvalue weighted by Crippen LogP contribution is 2.26. The molecule has 0 atom stereocenters. The second kappa shape index (κ2) is 7.94. The predicted octanol–water partition coefficient (Wildman–Crippen LogP) is 3.11. The Morgan fingerprint density at radius 1 is 1.25 bits per heavy atom. The fourth-order valence-corrected chi connectivity index (χ4v) is 2.27. The third-order valence-electron chi connectivity index (χ3n) is 2.76. The molecule has 0 spiro atoms. The van der Waals surface area contributed by atoms with Crippen LogP contribution in [0.3, 0.4) is 0 Å². The number of unbranched alkanes of at least 4 members (excludes halogenated alkanes) is 1. The third-order valence-corrected chi connectivity index (χ3v) is 2.76. The molecule has 0 saturated carbocycles. The van der Waals surface area contributed by atoms with Crippen LogP contribution in [-0.2, 0) is 4.79 Å². The molecule has 0 fully saturated rings. The second-order valence-electron chi connectivity index (χ2n) is 7.04. The van der Waals surface area contributed by atoms with Gasteiger partial charge in [-0.3, -0.25) is 4.79 Å². The van der Waals surface area contributed by atoms with Gasteiger partial charge >= 0.3 is 0 Å². The van der Waals surface area contributed by atoms with E-state index in [0.717, 1.165) is 19.3 Å². The van der Waals surface area contributed by atoms with E-state index in [4.69, 9.17) is 5.26 Å². The molecular weight excluding hydrogens is 250 g/mol. The van der Waals surface area contributed by atoms with Gasteiger partial charge in [-0.05, 0) is 32.1 Å². The van der Waals surface area contributed by atoms with E-state index in [1.54, 1.807) is 0 Å². The minimum absolute atomic E-state index is 0.128. The van der Waals surface area contributed by atoms with E-state index in [-0.39, 0.29) is 22.4 Å². The fraction of sp³-hybridized carbons (Fsp3) is 0.750. The largest absolute Gasteiger partial charge is 0.385 e. The first-order valence-corrected chi connectivity index (χ1v) is 7.27. The molecule has 0 aliphatic heterocycles. The molecule has 0 aromatic heterocycles. The Morgan fingerprint density at radius 2 is 1.85 bits per heavy atom. The summed E-state index contributed by atoms with van der Waals surface area (Å²) in [5.41, 5.74) is 0.146. The Kier molecular flexibility index (Phi) is 7.34. The van der Waals surface area contributed by atoms with E-state index < -0.39 is 0 Å². The van der Waals surface area contributed by atoms with Crippen molar-refractivity contribution in [3.8, 4) is 6.07 Å². The first kappa shape index (κ1) is 18.5. The summed E-state index contributed by atoms with van der Waals surface area (Å²) in [5.74, 6) is -0.306. The second-order valence-corrected chi connectivity index (χ2v) is 7.04. The molecule has 0 heterocycles. The summed E-state index contributed by atoms with van der Waals surface area (Å²) in [6.45, 7) is 13.3. The van der Waals surface area contributed by atoms with Gasteiger partial charge in [-0.15, -0.1) is 0 Å². The molecule has 0 aliphatic carbocycles. The number of amides is 1. The van der Waals surface area contributed by atoms with Crippen LogP contribution in [-0.4, -0.2) is 18.0 Å². The van der Waals surface area contributed by atoms with Crippen LogP contribution in [0.2, 0.25) is 0 Å². The van der Waals surface area contributed by atoms with Crippen LogP contribution in [0.25, 0.3) is 0 Å². The summed E-state index contributed by atoms with van der Waals surface area (Å²) in [6.07, 6.45) is 4.41. The molecule has 4 nitrogen and oxygen atoms in total. The quantitative estimate of drug-likeness (QED) is 0.427. The van der Waals surface area contributed by atoms with Crippen molar-refractivity contribution in [1.82, 2.24) is 10.6 Å². The monoisotopic (exact) mass is 279 g/mol. The number of nitriles is 1. The number of rotatable bonds is 7. The summed E-state index contributed by atoms with van der Waals surface area (Å²) in [4.78, 5) is 11.8. The minimum atomic E-state index is -0.306. The molecular formula is C16H29N3O. The number of hydrogen-bond donors (Lipinski definition) is 2. The Balaban J connectivity index is 4.59. The highest BCUT2D eigenvalue weighted by Gasteiger charge is 2.24. The number of carbonyl (C=O) groups is 1. The van der Waals surface area contributed by atoms with Gasteiger partial charge in [0.15, 0.2) is 0 Å². The first-order chi connectivity index (χ1) is 9.11. The van der Waals surface area contributed by atoms with Gasteiger partial charge in [0.05, 0.1) is 0 Å². The molecule has 4 heteroatoms. The summed E-state index contributed by atoms with van der Waals surface area (Å²) >= 11 is 0. The van der Waals surface area contributed by atoms with Gasteiger partial charge in [0.1, 0.15) is 11.6 Å². The van der Waals surface area contributed by atoms with E-state index >= 15 is 0 Å². The average Bonchev–Trinajstić information content (AvgIpc) is 2.26. The zero-order valence-corrected chi connectivity index (χ0v) is 13.8. The van der Waals surface area contributed by atoms with E-state index in [1.165, 1.54) is 6.20 Å². The molecule has 20 heavy (non-hydrogen) atoms. The van der Waals surface area contributed by atoms with Gasteiger partial charge in [-0.2, -0.15) is 5.26 Å². The highest BCUT2D eigenvalue weighted by molar-refractivity contribution is 5.97. The van der Waals surface area contributed by atoms with Crippen LogP contribution >= 0.6 is 0 Å². The van der Waals surface area contributed by atoms with Gasteiger partial charge in [0, 0.05) is 18.3 Å². The van der Waals surface area contributed by atoms with Gasteiger partial charge in [-0.25, -0.2) is 0 Å². The van der Waals surface area contributed by atoms with Crippen LogP contribution in [0.15, 0.2) is 11.8 Å². The molecule has 0 aliphatic rings. The van der Waals surface area contributed by atoms with E-state index in [2.05, 4.69) is 52.2 Å². The summed E-state index contributed by atoms with van der Waals surface area (Å²) in [6, 6.07) is 1.95. The van der Waals surface area contributed by atoms with Gasteiger partial charge in [0.25, 0.3) is 5.91 Å². The maximum Gasteiger partial charge on any atom is 0.263 e. The van der Waals surface area contributed by atoms with E-state index in [9.17, 15) is 4.79 Å². The summed E-state index contributed by atoms with van der Waals surface area (Å²) < 4.78 is 0. The maximum absolute atomic E-state index is 11.8. The Morgan fingerprint density at radius 3 is 2.30 bits per heavy atom. The molecule has 0 unspecified atom stereocenters. The number of hydrogen-bond acceptors (Lipinski definition) is 3. The van der Waals surface area contributed by atoms with Crippen molar-refractivity contribution < 1.29 is 4.79 Å². The van der Waals surface area contributed by atoms with Gasteiger partial charge < -0.3 is 10.6 Å². The Labute approximate surface area is 123 Å². The van der Waals surface area contributed by atoms with Gasteiger partial charge in [0.2, 0.25) is 0 Å². The Hall–Kier alpha value is -1.50. The lowest BCUT2D eigenvalue weighted by molar-refractivity contribution is -0.117. The highest BCUT2D eigenvalue weighted by atomic mass is 16.1. The third kappa shape index (κ3) is 8.58. The smallest absolute Gasteiger partial charge is 0.263 e. The lowest BCUT2D eigenvalue weighted by atomic mass is 9.82. The number of carbonyl (C=O) groups excluding carboxylic acids is 1. The molecule has 1 amide bonds. The van der Waals surface area contributed by atoms with Crippen molar-refractivity contribution in [2.45, 2.75) is 66.3 Å². The van der Waals surface area contributed by atoms with Crippen LogP contribution in [0.5, 0.6) is 0 Å². The van der Waals surface area contributed by atoms with Crippen LogP contribution < -0.4 is 10.6 Å². The molecule has 0 radical (unpaired) electrons. The normalized spacial score (nSPS) is 12.8. The molecule has 0 bridgehead atoms. The van der Waals surface area contributed by atoms with Gasteiger partial charge in [-0.1, -0.05) is 34.1 Å². The van der Waals surface area contributed by atoms with Crippen molar-refractivity contribution in [3.63, 3.8) is 0 Å². The van der Waals surface area contributed by atoms with Crippen LogP contribution in [0, 0.1) is 16.7 Å². The standard InChI is InChI=1S/C16H29N3O/c1-7-8-9-18-14(20)13(10-17)11-19-16(5,6)12-15(2,3)4/h11,19H,7-9,12H2,1-6H3,(H,18,20)/b13-11-. The summed E-state index contributed by atoms with van der Waals surface area (Å²) in [5, 5.41) is 15.0. The molecule has 0 saturated heterocycles. The van der Waals surface area contributed by atoms with Crippen LogP contribution in [0.1, 0.15) is 60.8 Å². The lowest BCUT2D eigenvalue weighted by Gasteiger charge is -2.33. The van der Waals surface area contributed by atoms with Crippen molar-refractivity contribution >= 4 is 5.91 Å². The molecule has 2 N–H and O–H groups in total. The molecule has 0 rings (SSSR count). The van der Waals surface area contributed by atoms with Crippen molar-refractivity contribution in [1.29, 1.82) is 5.26 Å². The fourth-order valence-electron chi connectivity index (χ4n) is 2.27. The minimum Gasteiger partial charge on any atom is -0.385 e. The van der Waals surface area contributed by atoms with E-state index in [0.29, 0.717) is 6.54 Å². The van der Waals surface area contributed by atoms with Crippen molar-refractivity contribution in [2.24, 2.45) is 5.41 Å². The van der Waals surface area contributed by atoms with E-state index in [1.807, 2.05) is 6.07 Å². The Bertz CT molecular complexity index is 384. The van der Waals surface area contributed by atoms with Crippen molar-refractivity contribution in [3.05, 3.63) is 11.8 Å². The zero-order valence-electron chi connectivity index (χ0n) is 13.8. The molecule has 0 aromatic rings. The lowest BCUT2D eigenvalue weighted by Crippen LogP contribution is -2.40. The topological polar surface area (TPSA) is 64.9 Å².